The SMILES string of the molecule is Cc1cc(Br)cc(C(=O)NCCc2nc(C(=O)O)cs2)c1. The predicted octanol–water partition coefficient (Wildman–Crippen LogP) is 2.88. The molecule has 7 heteroatoms. The van der Waals surface area contributed by atoms with Crippen LogP contribution in [0.4, 0.5) is 0 Å². The summed E-state index contributed by atoms with van der Waals surface area (Å²) in [6.45, 7) is 2.33. The molecule has 0 bridgehead atoms. The number of aromatic carboxylic acids is 1. The number of aromatic nitrogens is 1. The van der Waals surface area contributed by atoms with Crippen LogP contribution in [0, 0.1) is 6.92 Å². The molecule has 0 aliphatic heterocycles. The molecule has 2 aromatic rings. The molecule has 1 amide bonds. The molecule has 1 aromatic carbocycles. The molecule has 0 unspecified atom stereocenters. The van der Waals surface area contributed by atoms with Crippen LogP contribution in [-0.4, -0.2) is 28.5 Å². The Balaban J connectivity index is 1.90. The van der Waals surface area contributed by atoms with Crippen molar-refractivity contribution in [3.8, 4) is 0 Å². The number of nitrogens with zero attached hydrogens (tertiary/aromatic N) is 1. The van der Waals surface area contributed by atoms with Gasteiger partial charge in [-0.3, -0.25) is 4.79 Å². The third-order valence-corrected chi connectivity index (χ3v) is 4.07. The summed E-state index contributed by atoms with van der Waals surface area (Å²) in [7, 11) is 0. The Morgan fingerprint density at radius 2 is 2.14 bits per heavy atom. The monoisotopic (exact) mass is 368 g/mol. The van der Waals surface area contributed by atoms with Crippen molar-refractivity contribution in [3.05, 3.63) is 49.9 Å². The molecular formula is C14H13BrN2O3S. The maximum absolute atomic E-state index is 12.0. The number of thiazole rings is 1. The van der Waals surface area contributed by atoms with Crippen molar-refractivity contribution in [2.45, 2.75) is 13.3 Å². The summed E-state index contributed by atoms with van der Waals surface area (Å²) >= 11 is 4.64. The minimum absolute atomic E-state index is 0.0453. The molecule has 21 heavy (non-hydrogen) atoms. The summed E-state index contributed by atoms with van der Waals surface area (Å²) in [6.07, 6.45) is 0.511. The summed E-state index contributed by atoms with van der Waals surface area (Å²) in [4.78, 5) is 26.7. The molecule has 0 radical (unpaired) electrons. The third kappa shape index (κ3) is 4.37. The van der Waals surface area contributed by atoms with Gasteiger partial charge in [-0.2, -0.15) is 0 Å². The molecule has 0 atom stereocenters. The van der Waals surface area contributed by atoms with E-state index in [1.54, 1.807) is 6.07 Å². The largest absolute Gasteiger partial charge is 0.476 e. The van der Waals surface area contributed by atoms with E-state index in [1.165, 1.54) is 16.7 Å². The highest BCUT2D eigenvalue weighted by Gasteiger charge is 2.10. The average molecular weight is 369 g/mol. The van der Waals surface area contributed by atoms with Gasteiger partial charge in [-0.25, -0.2) is 9.78 Å². The number of carbonyl (C=O) groups is 2. The smallest absolute Gasteiger partial charge is 0.355 e. The van der Waals surface area contributed by atoms with E-state index in [0.29, 0.717) is 23.5 Å². The Morgan fingerprint density at radius 3 is 2.76 bits per heavy atom. The van der Waals surface area contributed by atoms with Crippen LogP contribution in [0.3, 0.4) is 0 Å². The highest BCUT2D eigenvalue weighted by Crippen LogP contribution is 2.15. The number of halogens is 1. The second-order valence-corrected chi connectivity index (χ2v) is 6.31. The average Bonchev–Trinajstić information content (AvgIpc) is 2.86. The maximum Gasteiger partial charge on any atom is 0.355 e. The minimum atomic E-state index is -1.04. The zero-order valence-electron chi connectivity index (χ0n) is 11.2. The number of carbonyl (C=O) groups excluding carboxylic acids is 1. The molecule has 2 rings (SSSR count). The van der Waals surface area contributed by atoms with Crippen molar-refractivity contribution in [2.24, 2.45) is 0 Å². The van der Waals surface area contributed by atoms with E-state index in [-0.39, 0.29) is 11.6 Å². The zero-order valence-corrected chi connectivity index (χ0v) is 13.6. The van der Waals surface area contributed by atoms with Gasteiger partial charge in [0, 0.05) is 28.4 Å². The number of rotatable bonds is 5. The first-order chi connectivity index (χ1) is 9.95. The number of benzene rings is 1. The molecule has 1 aromatic heterocycles. The van der Waals surface area contributed by atoms with Crippen LogP contribution in [0.1, 0.15) is 31.4 Å². The van der Waals surface area contributed by atoms with Crippen molar-refractivity contribution in [1.82, 2.24) is 10.3 Å². The summed E-state index contributed by atoms with van der Waals surface area (Å²) in [5.41, 5.74) is 1.64. The molecule has 0 saturated heterocycles. The van der Waals surface area contributed by atoms with Gasteiger partial charge in [0.15, 0.2) is 5.69 Å². The van der Waals surface area contributed by atoms with Crippen LogP contribution in [-0.2, 0) is 6.42 Å². The maximum atomic E-state index is 12.0. The lowest BCUT2D eigenvalue weighted by Crippen LogP contribution is -2.25. The fraction of sp³-hybridized carbons (Fsp3) is 0.214. The quantitative estimate of drug-likeness (QED) is 0.850. The van der Waals surface area contributed by atoms with Crippen molar-refractivity contribution in [3.63, 3.8) is 0 Å². The number of hydrogen-bond donors (Lipinski definition) is 2. The number of aryl methyl sites for hydroxylation is 1. The van der Waals surface area contributed by atoms with Crippen molar-refractivity contribution >= 4 is 39.1 Å². The standard InChI is InChI=1S/C14H13BrN2O3S/c1-8-4-9(6-10(15)5-8)13(18)16-3-2-12-17-11(7-21-12)14(19)20/h4-7H,2-3H2,1H3,(H,16,18)(H,19,20). The molecule has 0 saturated carbocycles. The van der Waals surface area contributed by atoms with Crippen LogP contribution in [0.5, 0.6) is 0 Å². The number of nitrogens with one attached hydrogen (secondary N) is 1. The van der Waals surface area contributed by atoms with Gasteiger partial charge in [-0.05, 0) is 30.7 Å². The lowest BCUT2D eigenvalue weighted by atomic mass is 10.1. The van der Waals surface area contributed by atoms with E-state index in [4.69, 9.17) is 5.11 Å². The number of hydrogen-bond acceptors (Lipinski definition) is 4. The lowest BCUT2D eigenvalue weighted by Gasteiger charge is -2.05. The molecule has 0 aliphatic carbocycles. The lowest BCUT2D eigenvalue weighted by molar-refractivity contribution is 0.0690. The van der Waals surface area contributed by atoms with E-state index in [9.17, 15) is 9.59 Å². The first-order valence-electron chi connectivity index (χ1n) is 6.19. The summed E-state index contributed by atoms with van der Waals surface area (Å²) in [5.74, 6) is -1.19. The van der Waals surface area contributed by atoms with Crippen molar-refractivity contribution in [1.29, 1.82) is 0 Å². The Hall–Kier alpha value is -1.73. The first-order valence-corrected chi connectivity index (χ1v) is 7.86. The van der Waals surface area contributed by atoms with Gasteiger partial charge in [-0.1, -0.05) is 15.9 Å². The molecule has 0 aliphatic rings. The summed E-state index contributed by atoms with van der Waals surface area (Å²) in [6, 6.07) is 5.50. The highest BCUT2D eigenvalue weighted by atomic mass is 79.9. The second kappa shape index (κ2) is 6.82. The van der Waals surface area contributed by atoms with E-state index in [1.807, 2.05) is 19.1 Å². The summed E-state index contributed by atoms with van der Waals surface area (Å²) in [5, 5.41) is 13.8. The van der Waals surface area contributed by atoms with Crippen LogP contribution in [0.25, 0.3) is 0 Å². The van der Waals surface area contributed by atoms with Gasteiger partial charge < -0.3 is 10.4 Å². The van der Waals surface area contributed by atoms with E-state index >= 15 is 0 Å². The van der Waals surface area contributed by atoms with Crippen molar-refractivity contribution < 1.29 is 14.7 Å². The predicted molar refractivity (Wildman–Crippen MR) is 84.0 cm³/mol. The molecule has 0 spiro atoms. The van der Waals surface area contributed by atoms with Crippen LogP contribution in [0.15, 0.2) is 28.1 Å². The first kappa shape index (κ1) is 15.7. The van der Waals surface area contributed by atoms with Crippen LogP contribution < -0.4 is 5.32 Å². The molecule has 0 fully saturated rings. The van der Waals surface area contributed by atoms with Gasteiger partial charge >= 0.3 is 5.97 Å². The Bertz CT molecular complexity index is 664. The Labute approximate surface area is 134 Å². The van der Waals surface area contributed by atoms with Gasteiger partial charge in [-0.15, -0.1) is 11.3 Å². The van der Waals surface area contributed by atoms with Crippen molar-refractivity contribution in [2.75, 3.05) is 6.54 Å². The topological polar surface area (TPSA) is 79.3 Å². The van der Waals surface area contributed by atoms with Gasteiger partial charge in [0.25, 0.3) is 5.91 Å². The van der Waals surface area contributed by atoms with Gasteiger partial charge in [0.1, 0.15) is 0 Å². The zero-order chi connectivity index (χ0) is 15.4. The second-order valence-electron chi connectivity index (χ2n) is 4.45. The number of amides is 1. The minimum Gasteiger partial charge on any atom is -0.476 e. The number of carboxylic acid groups (broad SMARTS) is 1. The normalized spacial score (nSPS) is 10.4. The molecule has 1 heterocycles. The molecule has 2 N–H and O–H groups in total. The number of carboxylic acids is 1. The van der Waals surface area contributed by atoms with Crippen LogP contribution >= 0.6 is 27.3 Å². The third-order valence-electron chi connectivity index (χ3n) is 2.70. The molecular weight excluding hydrogens is 356 g/mol. The summed E-state index contributed by atoms with van der Waals surface area (Å²) < 4.78 is 0.860. The van der Waals surface area contributed by atoms with E-state index in [2.05, 4.69) is 26.2 Å². The molecule has 5 nitrogen and oxygen atoms in total. The molecule has 110 valence electrons. The van der Waals surface area contributed by atoms with Gasteiger partial charge in [0.05, 0.1) is 5.01 Å². The van der Waals surface area contributed by atoms with E-state index < -0.39 is 5.97 Å². The fourth-order valence-corrected chi connectivity index (χ4v) is 3.16. The Kier molecular flexibility index (Phi) is 5.08. The van der Waals surface area contributed by atoms with E-state index in [0.717, 1.165) is 10.0 Å². The highest BCUT2D eigenvalue weighted by molar-refractivity contribution is 9.10. The van der Waals surface area contributed by atoms with Crippen LogP contribution in [0.2, 0.25) is 0 Å². The fourth-order valence-electron chi connectivity index (χ4n) is 1.78. The van der Waals surface area contributed by atoms with Gasteiger partial charge in [0.2, 0.25) is 0 Å². The Morgan fingerprint density at radius 1 is 1.38 bits per heavy atom.